The Morgan fingerprint density at radius 3 is 2.68 bits per heavy atom. The number of hydrogen-bond donors (Lipinski definition) is 2. The standard InChI is InChI=1S/C16H24N2O4/c1-17(8-7-16(21)22)10-13-9-14(19)15(20)11-18(13)12-5-3-2-4-6-12/h9,11-12,20H,2-8,10H2,1H3,(H,21,22). The highest BCUT2D eigenvalue weighted by Gasteiger charge is 2.19. The second-order valence-corrected chi connectivity index (χ2v) is 6.09. The van der Waals surface area contributed by atoms with E-state index in [0.29, 0.717) is 19.1 Å². The fourth-order valence-corrected chi connectivity index (χ4v) is 3.05. The van der Waals surface area contributed by atoms with Gasteiger partial charge in [-0.2, -0.15) is 0 Å². The zero-order chi connectivity index (χ0) is 16.1. The normalized spacial score (nSPS) is 16.1. The van der Waals surface area contributed by atoms with E-state index in [1.54, 1.807) is 6.20 Å². The molecule has 2 N–H and O–H groups in total. The first kappa shape index (κ1) is 16.5. The van der Waals surface area contributed by atoms with E-state index in [2.05, 4.69) is 0 Å². The van der Waals surface area contributed by atoms with Gasteiger partial charge in [-0.05, 0) is 19.9 Å². The summed E-state index contributed by atoms with van der Waals surface area (Å²) in [5.41, 5.74) is 0.455. The van der Waals surface area contributed by atoms with Crippen LogP contribution in [0.3, 0.4) is 0 Å². The van der Waals surface area contributed by atoms with Gasteiger partial charge in [0.1, 0.15) is 0 Å². The molecule has 0 amide bonds. The van der Waals surface area contributed by atoms with Crippen LogP contribution in [0, 0.1) is 0 Å². The quantitative estimate of drug-likeness (QED) is 0.839. The van der Waals surface area contributed by atoms with Crippen molar-refractivity contribution in [2.75, 3.05) is 13.6 Å². The maximum absolute atomic E-state index is 11.7. The molecule has 0 aliphatic heterocycles. The Bertz CT molecular complexity index is 576. The lowest BCUT2D eigenvalue weighted by molar-refractivity contribution is -0.137. The molecule has 6 nitrogen and oxygen atoms in total. The molecule has 1 fully saturated rings. The monoisotopic (exact) mass is 308 g/mol. The van der Waals surface area contributed by atoms with E-state index in [4.69, 9.17) is 5.11 Å². The number of nitrogens with zero attached hydrogens (tertiary/aromatic N) is 2. The highest BCUT2D eigenvalue weighted by Crippen LogP contribution is 2.29. The lowest BCUT2D eigenvalue weighted by Gasteiger charge is -2.29. The van der Waals surface area contributed by atoms with Gasteiger partial charge in [-0.15, -0.1) is 0 Å². The van der Waals surface area contributed by atoms with Crippen molar-refractivity contribution in [2.24, 2.45) is 0 Å². The van der Waals surface area contributed by atoms with Crippen molar-refractivity contribution >= 4 is 5.97 Å². The van der Waals surface area contributed by atoms with Gasteiger partial charge in [0.15, 0.2) is 5.75 Å². The number of aromatic nitrogens is 1. The average molecular weight is 308 g/mol. The van der Waals surface area contributed by atoms with Gasteiger partial charge in [-0.3, -0.25) is 9.59 Å². The van der Waals surface area contributed by atoms with Crippen LogP contribution in [-0.4, -0.2) is 39.2 Å². The Balaban J connectivity index is 2.18. The topological polar surface area (TPSA) is 82.8 Å². The van der Waals surface area contributed by atoms with Crippen molar-refractivity contribution in [3.8, 4) is 5.75 Å². The molecule has 2 rings (SSSR count). The summed E-state index contributed by atoms with van der Waals surface area (Å²) in [4.78, 5) is 24.3. The van der Waals surface area contributed by atoms with Gasteiger partial charge in [0.05, 0.1) is 12.6 Å². The first-order chi connectivity index (χ1) is 10.5. The molecule has 1 heterocycles. The molecule has 1 aromatic rings. The predicted octanol–water partition coefficient (Wildman–Crippen LogP) is 1.97. The Hall–Kier alpha value is -1.82. The molecule has 1 aliphatic carbocycles. The molecule has 6 heteroatoms. The van der Waals surface area contributed by atoms with Gasteiger partial charge >= 0.3 is 5.97 Å². The Kier molecular flexibility index (Phi) is 5.60. The third-order valence-electron chi connectivity index (χ3n) is 4.25. The number of aromatic hydroxyl groups is 1. The molecule has 1 saturated carbocycles. The number of aliphatic carboxylic acids is 1. The third kappa shape index (κ3) is 4.34. The van der Waals surface area contributed by atoms with Crippen LogP contribution in [0.5, 0.6) is 5.75 Å². The zero-order valence-corrected chi connectivity index (χ0v) is 13.0. The largest absolute Gasteiger partial charge is 0.503 e. The minimum absolute atomic E-state index is 0.0717. The van der Waals surface area contributed by atoms with Crippen LogP contribution in [0.4, 0.5) is 0 Å². The van der Waals surface area contributed by atoms with Crippen LogP contribution in [0.25, 0.3) is 0 Å². The molecule has 122 valence electrons. The molecule has 0 aromatic carbocycles. The van der Waals surface area contributed by atoms with Crippen molar-refractivity contribution in [1.29, 1.82) is 0 Å². The van der Waals surface area contributed by atoms with Gasteiger partial charge in [0.25, 0.3) is 0 Å². The third-order valence-corrected chi connectivity index (χ3v) is 4.25. The average Bonchev–Trinajstić information content (AvgIpc) is 2.49. The minimum Gasteiger partial charge on any atom is -0.503 e. The Morgan fingerprint density at radius 1 is 1.36 bits per heavy atom. The molecular weight excluding hydrogens is 284 g/mol. The predicted molar refractivity (Wildman–Crippen MR) is 83.1 cm³/mol. The summed E-state index contributed by atoms with van der Waals surface area (Å²) >= 11 is 0. The van der Waals surface area contributed by atoms with Gasteiger partial charge in [0.2, 0.25) is 5.43 Å². The van der Waals surface area contributed by atoms with Gasteiger partial charge in [-0.1, -0.05) is 19.3 Å². The van der Waals surface area contributed by atoms with Crippen molar-refractivity contribution in [1.82, 2.24) is 9.47 Å². The molecular formula is C16H24N2O4. The van der Waals surface area contributed by atoms with E-state index in [1.807, 2.05) is 16.5 Å². The summed E-state index contributed by atoms with van der Waals surface area (Å²) < 4.78 is 2.01. The number of pyridine rings is 1. The van der Waals surface area contributed by atoms with Gasteiger partial charge in [0, 0.05) is 30.9 Å². The lowest BCUT2D eigenvalue weighted by atomic mass is 9.95. The fraction of sp³-hybridized carbons (Fsp3) is 0.625. The fourth-order valence-electron chi connectivity index (χ4n) is 3.05. The van der Waals surface area contributed by atoms with Crippen LogP contribution in [0.15, 0.2) is 17.1 Å². The minimum atomic E-state index is -0.831. The summed E-state index contributed by atoms with van der Waals surface area (Å²) in [6.07, 6.45) is 7.26. The lowest BCUT2D eigenvalue weighted by Crippen LogP contribution is -2.26. The van der Waals surface area contributed by atoms with E-state index in [0.717, 1.165) is 31.4 Å². The highest BCUT2D eigenvalue weighted by atomic mass is 16.4. The summed E-state index contributed by atoms with van der Waals surface area (Å²) in [5.74, 6) is -1.05. The summed E-state index contributed by atoms with van der Waals surface area (Å²) in [6.45, 7) is 0.925. The molecule has 1 aliphatic rings. The zero-order valence-electron chi connectivity index (χ0n) is 13.0. The van der Waals surface area contributed by atoms with E-state index >= 15 is 0 Å². The number of hydrogen-bond acceptors (Lipinski definition) is 4. The first-order valence-electron chi connectivity index (χ1n) is 7.81. The second-order valence-electron chi connectivity index (χ2n) is 6.09. The summed E-state index contributed by atoms with van der Waals surface area (Å²) in [5, 5.41) is 18.5. The molecule has 0 atom stereocenters. The molecule has 0 unspecified atom stereocenters. The van der Waals surface area contributed by atoms with E-state index in [-0.39, 0.29) is 17.6 Å². The number of carbonyl (C=O) groups is 1. The highest BCUT2D eigenvalue weighted by molar-refractivity contribution is 5.66. The van der Waals surface area contributed by atoms with Gasteiger partial charge in [-0.25, -0.2) is 0 Å². The molecule has 0 bridgehead atoms. The van der Waals surface area contributed by atoms with Crippen LogP contribution in [0.2, 0.25) is 0 Å². The maximum Gasteiger partial charge on any atom is 0.304 e. The SMILES string of the molecule is CN(CCC(=O)O)Cc1cc(=O)c(O)cn1C1CCCCC1. The van der Waals surface area contributed by atoms with E-state index < -0.39 is 5.97 Å². The van der Waals surface area contributed by atoms with E-state index in [9.17, 15) is 14.7 Å². The smallest absolute Gasteiger partial charge is 0.304 e. The van der Waals surface area contributed by atoms with Gasteiger partial charge < -0.3 is 19.7 Å². The molecule has 0 spiro atoms. The molecule has 22 heavy (non-hydrogen) atoms. The number of carboxylic acid groups (broad SMARTS) is 1. The van der Waals surface area contributed by atoms with Crippen LogP contribution in [-0.2, 0) is 11.3 Å². The first-order valence-corrected chi connectivity index (χ1v) is 7.81. The number of carboxylic acids is 1. The number of rotatable bonds is 6. The Morgan fingerprint density at radius 2 is 2.05 bits per heavy atom. The van der Waals surface area contributed by atoms with E-state index in [1.165, 1.54) is 12.5 Å². The molecule has 1 aromatic heterocycles. The van der Waals surface area contributed by atoms with Crippen LogP contribution >= 0.6 is 0 Å². The van der Waals surface area contributed by atoms with Crippen molar-refractivity contribution in [2.45, 2.75) is 51.1 Å². The van der Waals surface area contributed by atoms with Crippen molar-refractivity contribution in [3.05, 3.63) is 28.2 Å². The summed E-state index contributed by atoms with van der Waals surface area (Å²) in [6, 6.07) is 1.78. The summed E-state index contributed by atoms with van der Waals surface area (Å²) in [7, 11) is 1.84. The Labute approximate surface area is 130 Å². The van der Waals surface area contributed by atoms with Crippen LogP contribution < -0.4 is 5.43 Å². The van der Waals surface area contributed by atoms with Crippen LogP contribution in [0.1, 0.15) is 50.3 Å². The molecule has 0 saturated heterocycles. The maximum atomic E-state index is 11.7. The van der Waals surface area contributed by atoms with Crippen molar-refractivity contribution in [3.63, 3.8) is 0 Å². The van der Waals surface area contributed by atoms with Crippen molar-refractivity contribution < 1.29 is 15.0 Å². The second kappa shape index (κ2) is 7.45. The molecule has 0 radical (unpaired) electrons.